The maximum Gasteiger partial charge on any atom is 0.169 e. The largest absolute Gasteiger partial charge is 0.396 e. The summed E-state index contributed by atoms with van der Waals surface area (Å²) in [5.74, 6) is 0.622. The molecule has 0 aromatic carbocycles. The van der Waals surface area contributed by atoms with E-state index in [1.165, 1.54) is 38.5 Å². The maximum atomic E-state index is 9.01. The quantitative estimate of drug-likeness (QED) is 0.756. The second kappa shape index (κ2) is 6.55. The first-order valence-electron chi connectivity index (χ1n) is 6.96. The molecule has 0 radical (unpaired) electrons. The molecule has 2 aliphatic rings. The Morgan fingerprint density at radius 3 is 2.71 bits per heavy atom. The zero-order valence-corrected chi connectivity index (χ0v) is 11.3. The molecular weight excluding hydrogens is 232 g/mol. The van der Waals surface area contributed by atoms with Crippen molar-refractivity contribution in [2.45, 2.75) is 51.0 Å². The highest BCUT2D eigenvalue weighted by molar-refractivity contribution is 7.80. The Kier molecular flexibility index (Phi) is 5.04. The normalized spacial score (nSPS) is 26.2. The van der Waals surface area contributed by atoms with Gasteiger partial charge in [0.2, 0.25) is 0 Å². The number of hydrogen-bond donors (Lipinski definition) is 2. The van der Waals surface area contributed by atoms with Crippen LogP contribution in [-0.4, -0.2) is 40.9 Å². The molecule has 0 amide bonds. The van der Waals surface area contributed by atoms with Crippen LogP contribution in [0.1, 0.15) is 44.9 Å². The summed E-state index contributed by atoms with van der Waals surface area (Å²) in [5.41, 5.74) is 0. The van der Waals surface area contributed by atoms with E-state index in [9.17, 15) is 0 Å². The fourth-order valence-corrected chi connectivity index (χ4v) is 3.34. The molecular formula is C13H24N2OS. The van der Waals surface area contributed by atoms with E-state index >= 15 is 0 Å². The number of thiocarbonyl (C=S) groups is 1. The molecule has 1 unspecified atom stereocenters. The van der Waals surface area contributed by atoms with E-state index in [2.05, 4.69) is 10.2 Å². The van der Waals surface area contributed by atoms with Crippen LogP contribution in [0, 0.1) is 5.92 Å². The molecule has 1 heterocycles. The Hall–Kier alpha value is -0.350. The van der Waals surface area contributed by atoms with Crippen molar-refractivity contribution in [1.29, 1.82) is 0 Å². The highest BCUT2D eigenvalue weighted by Gasteiger charge is 2.23. The van der Waals surface area contributed by atoms with Gasteiger partial charge in [-0.05, 0) is 50.2 Å². The van der Waals surface area contributed by atoms with Crippen molar-refractivity contribution < 1.29 is 5.11 Å². The van der Waals surface area contributed by atoms with Crippen LogP contribution in [0.15, 0.2) is 0 Å². The summed E-state index contributed by atoms with van der Waals surface area (Å²) in [7, 11) is 0. The van der Waals surface area contributed by atoms with Gasteiger partial charge in [0, 0.05) is 25.7 Å². The van der Waals surface area contributed by atoms with E-state index in [1.807, 2.05) is 0 Å². The van der Waals surface area contributed by atoms with Gasteiger partial charge >= 0.3 is 0 Å². The molecule has 0 aromatic rings. The Morgan fingerprint density at radius 1 is 1.24 bits per heavy atom. The third-order valence-corrected chi connectivity index (χ3v) is 4.40. The minimum atomic E-state index is 0.307. The van der Waals surface area contributed by atoms with Gasteiger partial charge in [0.05, 0.1) is 0 Å². The molecule has 98 valence electrons. The molecule has 0 bridgehead atoms. The van der Waals surface area contributed by atoms with Crippen molar-refractivity contribution in [3.63, 3.8) is 0 Å². The van der Waals surface area contributed by atoms with Crippen LogP contribution in [0.2, 0.25) is 0 Å². The molecule has 4 heteroatoms. The number of nitrogens with zero attached hydrogens (tertiary/aromatic N) is 1. The maximum absolute atomic E-state index is 9.01. The second-order valence-electron chi connectivity index (χ2n) is 5.40. The predicted molar refractivity (Wildman–Crippen MR) is 74.0 cm³/mol. The molecule has 2 N–H and O–H groups in total. The molecule has 1 aliphatic carbocycles. The van der Waals surface area contributed by atoms with Crippen molar-refractivity contribution in [3.05, 3.63) is 0 Å². The van der Waals surface area contributed by atoms with Gasteiger partial charge in [0.25, 0.3) is 0 Å². The average Bonchev–Trinajstić information content (AvgIpc) is 2.83. The predicted octanol–water partition coefficient (Wildman–Crippen LogP) is 1.90. The SMILES string of the molecule is OCCC1CCCN(C(=S)NC2CCCC2)C1. The summed E-state index contributed by atoms with van der Waals surface area (Å²) in [6.45, 7) is 2.42. The van der Waals surface area contributed by atoms with Crippen LogP contribution in [-0.2, 0) is 0 Å². The van der Waals surface area contributed by atoms with Crippen molar-refractivity contribution in [2.24, 2.45) is 5.92 Å². The number of aliphatic hydroxyl groups excluding tert-OH is 1. The van der Waals surface area contributed by atoms with Crippen molar-refractivity contribution in [3.8, 4) is 0 Å². The minimum absolute atomic E-state index is 0.307. The summed E-state index contributed by atoms with van der Waals surface area (Å²) in [5, 5.41) is 13.5. The van der Waals surface area contributed by atoms with Gasteiger partial charge in [-0.25, -0.2) is 0 Å². The molecule has 1 atom stereocenters. The topological polar surface area (TPSA) is 35.5 Å². The van der Waals surface area contributed by atoms with E-state index < -0.39 is 0 Å². The lowest BCUT2D eigenvalue weighted by Gasteiger charge is -2.35. The van der Waals surface area contributed by atoms with Gasteiger partial charge in [-0.2, -0.15) is 0 Å². The molecule has 1 saturated carbocycles. The van der Waals surface area contributed by atoms with Crippen LogP contribution in [0.25, 0.3) is 0 Å². The summed E-state index contributed by atoms with van der Waals surface area (Å²) in [6.07, 6.45) is 8.59. The lowest BCUT2D eigenvalue weighted by Crippen LogP contribution is -2.48. The fraction of sp³-hybridized carbons (Fsp3) is 0.923. The molecule has 2 rings (SSSR count). The molecule has 1 saturated heterocycles. The first-order chi connectivity index (χ1) is 8.29. The Bertz CT molecular complexity index is 252. The zero-order chi connectivity index (χ0) is 12.1. The summed E-state index contributed by atoms with van der Waals surface area (Å²) in [6, 6.07) is 0.612. The number of likely N-dealkylation sites (tertiary alicyclic amines) is 1. The Balaban J connectivity index is 1.77. The summed E-state index contributed by atoms with van der Waals surface area (Å²) < 4.78 is 0. The monoisotopic (exact) mass is 256 g/mol. The van der Waals surface area contributed by atoms with Gasteiger partial charge in [-0.15, -0.1) is 0 Å². The number of aliphatic hydroxyl groups is 1. The van der Waals surface area contributed by atoms with Crippen LogP contribution >= 0.6 is 12.2 Å². The van der Waals surface area contributed by atoms with Crippen LogP contribution in [0.5, 0.6) is 0 Å². The first-order valence-corrected chi connectivity index (χ1v) is 7.36. The van der Waals surface area contributed by atoms with Crippen molar-refractivity contribution >= 4 is 17.3 Å². The van der Waals surface area contributed by atoms with Crippen LogP contribution in [0.3, 0.4) is 0 Å². The van der Waals surface area contributed by atoms with Gasteiger partial charge in [-0.1, -0.05) is 12.8 Å². The average molecular weight is 256 g/mol. The van der Waals surface area contributed by atoms with Crippen LogP contribution in [0.4, 0.5) is 0 Å². The molecule has 17 heavy (non-hydrogen) atoms. The number of nitrogens with one attached hydrogen (secondary N) is 1. The van der Waals surface area contributed by atoms with Gasteiger partial charge in [0.15, 0.2) is 5.11 Å². The lowest BCUT2D eigenvalue weighted by atomic mass is 9.95. The molecule has 3 nitrogen and oxygen atoms in total. The number of piperidine rings is 1. The zero-order valence-electron chi connectivity index (χ0n) is 10.5. The van der Waals surface area contributed by atoms with E-state index in [0.29, 0.717) is 18.6 Å². The van der Waals surface area contributed by atoms with Crippen molar-refractivity contribution in [2.75, 3.05) is 19.7 Å². The van der Waals surface area contributed by atoms with E-state index in [0.717, 1.165) is 24.6 Å². The lowest BCUT2D eigenvalue weighted by molar-refractivity contribution is 0.196. The standard InChI is InChI=1S/C13H24N2OS/c16-9-7-11-4-3-8-15(10-11)13(17)14-12-5-1-2-6-12/h11-12,16H,1-10H2,(H,14,17). The highest BCUT2D eigenvalue weighted by atomic mass is 32.1. The van der Waals surface area contributed by atoms with Crippen molar-refractivity contribution in [1.82, 2.24) is 10.2 Å². The number of hydrogen-bond acceptors (Lipinski definition) is 2. The molecule has 0 aromatic heterocycles. The smallest absolute Gasteiger partial charge is 0.169 e. The fourth-order valence-electron chi connectivity index (χ4n) is 3.00. The minimum Gasteiger partial charge on any atom is -0.396 e. The first kappa shape index (κ1) is 13.1. The van der Waals surface area contributed by atoms with E-state index in [4.69, 9.17) is 17.3 Å². The number of rotatable bonds is 3. The third kappa shape index (κ3) is 3.81. The molecule has 2 fully saturated rings. The van der Waals surface area contributed by atoms with E-state index in [-0.39, 0.29) is 0 Å². The highest BCUT2D eigenvalue weighted by Crippen LogP contribution is 2.21. The van der Waals surface area contributed by atoms with Crippen LogP contribution < -0.4 is 5.32 Å². The molecule has 1 aliphatic heterocycles. The Morgan fingerprint density at radius 2 is 2.00 bits per heavy atom. The van der Waals surface area contributed by atoms with E-state index in [1.54, 1.807) is 0 Å². The Labute approximate surface area is 110 Å². The molecule has 0 spiro atoms. The van der Waals surface area contributed by atoms with Gasteiger partial charge < -0.3 is 15.3 Å². The summed E-state index contributed by atoms with van der Waals surface area (Å²) in [4.78, 5) is 2.30. The van der Waals surface area contributed by atoms with Gasteiger partial charge in [-0.3, -0.25) is 0 Å². The third-order valence-electron chi connectivity index (χ3n) is 4.03. The summed E-state index contributed by atoms with van der Waals surface area (Å²) >= 11 is 5.50. The van der Waals surface area contributed by atoms with Gasteiger partial charge in [0.1, 0.15) is 0 Å². The second-order valence-corrected chi connectivity index (χ2v) is 5.78.